The molecule has 47 heavy (non-hydrogen) atoms. The maximum absolute atomic E-state index is 13.3. The van der Waals surface area contributed by atoms with E-state index in [0.29, 0.717) is 28.0 Å². The Labute approximate surface area is 283 Å². The van der Waals surface area contributed by atoms with Crippen molar-refractivity contribution in [2.45, 2.75) is 34.3 Å². The molecular formula is C37H33NO6S3. The third-order valence-electron chi connectivity index (χ3n) is 8.62. The Morgan fingerprint density at radius 2 is 1.36 bits per heavy atom. The van der Waals surface area contributed by atoms with Crippen molar-refractivity contribution in [1.82, 2.24) is 4.31 Å². The predicted octanol–water partition coefficient (Wildman–Crippen LogP) is 6.93. The van der Waals surface area contributed by atoms with Gasteiger partial charge in [-0.05, 0) is 89.1 Å². The second-order valence-electron chi connectivity index (χ2n) is 11.5. The maximum Gasteiger partial charge on any atom is 0.365 e. The highest BCUT2D eigenvalue weighted by Crippen LogP contribution is 2.31. The SMILES string of the molecule is C[S+]([O-])N1CCC(c2ccc([S+]([O-])Cc3ccc(-c4ccc(C(=O)[S+]([O-])c5ccc(C(=O)O)c6ccccc56)cc4)cc3)cc2)CC1. The molecule has 5 aromatic carbocycles. The van der Waals surface area contributed by atoms with Crippen LogP contribution in [0.3, 0.4) is 0 Å². The third kappa shape index (κ3) is 7.44. The molecule has 0 radical (unpaired) electrons. The zero-order valence-corrected chi connectivity index (χ0v) is 28.1. The minimum absolute atomic E-state index is 0.0877. The topological polar surface area (TPSA) is 127 Å². The van der Waals surface area contributed by atoms with Crippen LogP contribution < -0.4 is 0 Å². The molecule has 0 bridgehead atoms. The minimum Gasteiger partial charge on any atom is -0.611 e. The first kappa shape index (κ1) is 33.3. The lowest BCUT2D eigenvalue weighted by Gasteiger charge is -2.30. The lowest BCUT2D eigenvalue weighted by Crippen LogP contribution is -2.37. The van der Waals surface area contributed by atoms with Gasteiger partial charge in [0.15, 0.2) is 9.79 Å². The molecule has 1 aliphatic heterocycles. The van der Waals surface area contributed by atoms with Crippen molar-refractivity contribution in [2.24, 2.45) is 0 Å². The van der Waals surface area contributed by atoms with Gasteiger partial charge in [-0.25, -0.2) is 9.59 Å². The third-order valence-corrected chi connectivity index (χ3v) is 12.4. The number of carboxylic acid groups (broad SMARTS) is 1. The van der Waals surface area contributed by atoms with Crippen LogP contribution in [0.1, 0.15) is 50.6 Å². The fourth-order valence-electron chi connectivity index (χ4n) is 5.99. The summed E-state index contributed by atoms with van der Waals surface area (Å²) in [5, 5.41) is 9.86. The molecule has 1 N–H and O–H groups in total. The zero-order valence-electron chi connectivity index (χ0n) is 25.7. The molecule has 1 saturated heterocycles. The van der Waals surface area contributed by atoms with Gasteiger partial charge >= 0.3 is 11.1 Å². The number of nitrogens with zero attached hydrogens (tertiary/aromatic N) is 1. The molecule has 3 atom stereocenters. The molecule has 1 aliphatic rings. The number of benzene rings is 5. The predicted molar refractivity (Wildman–Crippen MR) is 188 cm³/mol. The summed E-state index contributed by atoms with van der Waals surface area (Å²) in [6.07, 6.45) is 3.66. The molecule has 6 rings (SSSR count). The van der Waals surface area contributed by atoms with Crippen molar-refractivity contribution in [3.05, 3.63) is 131 Å². The minimum atomic E-state index is -2.03. The summed E-state index contributed by atoms with van der Waals surface area (Å²) in [7, 11) is 0. The Morgan fingerprint density at radius 1 is 0.766 bits per heavy atom. The number of hydrogen-bond acceptors (Lipinski definition) is 6. The summed E-state index contributed by atoms with van der Waals surface area (Å²) >= 11 is -4.15. The highest BCUT2D eigenvalue weighted by Gasteiger charge is 2.28. The zero-order chi connectivity index (χ0) is 33.1. The number of rotatable bonds is 9. The first-order chi connectivity index (χ1) is 22.7. The second kappa shape index (κ2) is 14.7. The maximum atomic E-state index is 13.3. The van der Waals surface area contributed by atoms with E-state index in [1.807, 2.05) is 40.7 Å². The van der Waals surface area contributed by atoms with Crippen LogP contribution in [0, 0.1) is 0 Å². The van der Waals surface area contributed by atoms with E-state index < -0.39 is 44.8 Å². The number of carbonyl (C=O) groups is 2. The van der Waals surface area contributed by atoms with E-state index in [-0.39, 0.29) is 10.5 Å². The lowest BCUT2D eigenvalue weighted by molar-refractivity contribution is 0.0698. The van der Waals surface area contributed by atoms with E-state index in [9.17, 15) is 28.4 Å². The Bertz CT molecular complexity index is 1870. The van der Waals surface area contributed by atoms with Crippen LogP contribution in [0.25, 0.3) is 21.9 Å². The normalized spacial score (nSPS) is 16.1. The van der Waals surface area contributed by atoms with Gasteiger partial charge in [-0.15, -0.1) is 4.31 Å². The molecule has 1 heterocycles. The van der Waals surface area contributed by atoms with Gasteiger partial charge in [-0.2, -0.15) is 0 Å². The molecule has 0 saturated carbocycles. The summed E-state index contributed by atoms with van der Waals surface area (Å²) < 4.78 is 40.2. The van der Waals surface area contributed by atoms with Gasteiger partial charge in [0.25, 0.3) is 0 Å². The van der Waals surface area contributed by atoms with Crippen molar-refractivity contribution >= 4 is 55.6 Å². The van der Waals surface area contributed by atoms with Crippen LogP contribution in [-0.4, -0.2) is 53.5 Å². The largest absolute Gasteiger partial charge is 0.611 e. The number of hydrogen-bond donors (Lipinski definition) is 1. The molecule has 0 amide bonds. The molecule has 10 heteroatoms. The van der Waals surface area contributed by atoms with Crippen LogP contribution in [0.4, 0.5) is 0 Å². The van der Waals surface area contributed by atoms with Gasteiger partial charge in [-0.3, -0.25) is 0 Å². The van der Waals surface area contributed by atoms with Crippen LogP contribution in [-0.2, 0) is 39.5 Å². The Hall–Kier alpha value is -3.61. The standard InChI is InChI=1S/C37H33NO6S3/c1-45(42)38-22-20-29(21-23-38)28-14-16-31(17-15-28)46(43)24-25-6-8-26(9-7-25)27-10-12-30(13-11-27)37(41)47(44)35-19-18-34(36(39)40)32-4-2-3-5-33(32)35/h2-19,29H,20-24H2,1H3,(H,39,40). The van der Waals surface area contributed by atoms with Crippen molar-refractivity contribution in [3.63, 3.8) is 0 Å². The van der Waals surface area contributed by atoms with Crippen molar-refractivity contribution < 1.29 is 28.4 Å². The van der Waals surface area contributed by atoms with E-state index in [0.717, 1.165) is 47.5 Å². The summed E-state index contributed by atoms with van der Waals surface area (Å²) in [6, 6.07) is 32.3. The van der Waals surface area contributed by atoms with Crippen LogP contribution >= 0.6 is 0 Å². The van der Waals surface area contributed by atoms with Gasteiger partial charge < -0.3 is 18.8 Å². The van der Waals surface area contributed by atoms with E-state index in [4.69, 9.17) is 0 Å². The Morgan fingerprint density at radius 3 is 1.96 bits per heavy atom. The highest BCUT2D eigenvalue weighted by molar-refractivity contribution is 8.06. The molecule has 3 unspecified atom stereocenters. The summed E-state index contributed by atoms with van der Waals surface area (Å²) in [5.74, 6) is -0.272. The second-order valence-corrected chi connectivity index (χ2v) is 15.6. The summed E-state index contributed by atoms with van der Waals surface area (Å²) in [5.41, 5.74) is 4.36. The first-order valence-corrected chi connectivity index (χ1v) is 19.2. The van der Waals surface area contributed by atoms with Gasteiger partial charge in [0, 0.05) is 40.8 Å². The number of carboxylic acids is 1. The molecule has 1 fully saturated rings. The summed E-state index contributed by atoms with van der Waals surface area (Å²) in [6.45, 7) is 1.65. The number of aromatic carboxylic acids is 1. The molecule has 0 spiro atoms. The first-order valence-electron chi connectivity index (χ1n) is 15.2. The lowest BCUT2D eigenvalue weighted by atomic mass is 9.90. The molecule has 0 aromatic heterocycles. The summed E-state index contributed by atoms with van der Waals surface area (Å²) in [4.78, 5) is 25.9. The van der Waals surface area contributed by atoms with Gasteiger partial charge in [0.1, 0.15) is 12.0 Å². The molecule has 240 valence electrons. The van der Waals surface area contributed by atoms with Crippen molar-refractivity contribution in [2.75, 3.05) is 19.3 Å². The smallest absolute Gasteiger partial charge is 0.365 e. The average Bonchev–Trinajstić information content (AvgIpc) is 3.11. The van der Waals surface area contributed by atoms with E-state index in [1.165, 1.54) is 17.7 Å². The number of fused-ring (bicyclic) bond motifs is 1. The fourth-order valence-corrected chi connectivity index (χ4v) is 8.94. The van der Waals surface area contributed by atoms with Crippen LogP contribution in [0.15, 0.2) is 119 Å². The number of piperidine rings is 1. The monoisotopic (exact) mass is 683 g/mol. The molecular weight excluding hydrogens is 651 g/mol. The van der Waals surface area contributed by atoms with Crippen LogP contribution in [0.2, 0.25) is 0 Å². The number of carbonyl (C=O) groups excluding carboxylic acids is 1. The Balaban J connectivity index is 1.08. The van der Waals surface area contributed by atoms with Gasteiger partial charge in [-0.1, -0.05) is 66.7 Å². The van der Waals surface area contributed by atoms with Gasteiger partial charge in [0.05, 0.1) is 22.3 Å². The molecule has 7 nitrogen and oxygen atoms in total. The van der Waals surface area contributed by atoms with Crippen molar-refractivity contribution in [1.29, 1.82) is 0 Å². The molecule has 0 aliphatic carbocycles. The van der Waals surface area contributed by atoms with E-state index >= 15 is 0 Å². The van der Waals surface area contributed by atoms with Crippen LogP contribution in [0.5, 0.6) is 0 Å². The van der Waals surface area contributed by atoms with E-state index in [1.54, 1.807) is 54.8 Å². The quantitative estimate of drug-likeness (QED) is 0.167. The highest BCUT2D eigenvalue weighted by atomic mass is 32.2. The fraction of sp³-hybridized carbons (Fsp3) is 0.189. The van der Waals surface area contributed by atoms with Crippen molar-refractivity contribution in [3.8, 4) is 11.1 Å². The Kier molecular flexibility index (Phi) is 10.4. The van der Waals surface area contributed by atoms with E-state index in [2.05, 4.69) is 12.1 Å². The van der Waals surface area contributed by atoms with Gasteiger partial charge in [0.2, 0.25) is 0 Å². The molecule has 5 aromatic rings. The average molecular weight is 684 g/mol.